The first-order chi connectivity index (χ1) is 6.81. The molecule has 1 heterocycles. The minimum atomic E-state index is 0.0974. The SMILES string of the molecule is CCCNC1CCCc2sc(=O)[nH]c21. The average molecular weight is 212 g/mol. The number of rotatable bonds is 3. The number of hydrogen-bond donors (Lipinski definition) is 2. The Hall–Kier alpha value is -0.610. The van der Waals surface area contributed by atoms with E-state index < -0.39 is 0 Å². The quantitative estimate of drug-likeness (QED) is 0.802. The molecular weight excluding hydrogens is 196 g/mol. The molecule has 1 unspecified atom stereocenters. The maximum atomic E-state index is 11.2. The van der Waals surface area contributed by atoms with Gasteiger partial charge in [0.15, 0.2) is 0 Å². The molecule has 1 aliphatic carbocycles. The second kappa shape index (κ2) is 4.28. The highest BCUT2D eigenvalue weighted by molar-refractivity contribution is 7.09. The van der Waals surface area contributed by atoms with E-state index in [2.05, 4.69) is 17.2 Å². The third-order valence-electron chi connectivity index (χ3n) is 2.64. The summed E-state index contributed by atoms with van der Waals surface area (Å²) in [5.74, 6) is 0. The van der Waals surface area contributed by atoms with Crippen molar-refractivity contribution < 1.29 is 0 Å². The predicted octanol–water partition coefficient (Wildman–Crippen LogP) is 1.81. The van der Waals surface area contributed by atoms with Gasteiger partial charge in [-0.05, 0) is 32.2 Å². The molecular formula is C10H16N2OS. The highest BCUT2D eigenvalue weighted by Gasteiger charge is 2.22. The zero-order valence-electron chi connectivity index (χ0n) is 8.43. The number of nitrogens with one attached hydrogen (secondary N) is 2. The van der Waals surface area contributed by atoms with E-state index in [9.17, 15) is 4.79 Å². The molecule has 0 bridgehead atoms. The zero-order chi connectivity index (χ0) is 9.97. The highest BCUT2D eigenvalue weighted by atomic mass is 32.1. The van der Waals surface area contributed by atoms with Gasteiger partial charge in [0.2, 0.25) is 0 Å². The van der Waals surface area contributed by atoms with Crippen LogP contribution in [0.25, 0.3) is 0 Å². The van der Waals surface area contributed by atoms with Gasteiger partial charge in [0.05, 0.1) is 0 Å². The summed E-state index contributed by atoms with van der Waals surface area (Å²) in [4.78, 5) is 15.5. The van der Waals surface area contributed by atoms with Crippen molar-refractivity contribution in [3.05, 3.63) is 20.2 Å². The minimum Gasteiger partial charge on any atom is -0.315 e. The van der Waals surface area contributed by atoms with Gasteiger partial charge < -0.3 is 10.3 Å². The van der Waals surface area contributed by atoms with E-state index in [1.165, 1.54) is 22.6 Å². The van der Waals surface area contributed by atoms with Crippen LogP contribution in [0.1, 0.15) is 42.8 Å². The van der Waals surface area contributed by atoms with E-state index in [1.54, 1.807) is 0 Å². The molecule has 1 aromatic heterocycles. The van der Waals surface area contributed by atoms with Crippen molar-refractivity contribution in [2.75, 3.05) is 6.54 Å². The average Bonchev–Trinajstić information content (AvgIpc) is 2.55. The van der Waals surface area contributed by atoms with Crippen LogP contribution in [0.4, 0.5) is 0 Å². The number of fused-ring (bicyclic) bond motifs is 1. The zero-order valence-corrected chi connectivity index (χ0v) is 9.25. The van der Waals surface area contributed by atoms with Gasteiger partial charge in [-0.3, -0.25) is 4.79 Å². The molecule has 0 saturated carbocycles. The lowest BCUT2D eigenvalue weighted by atomic mass is 9.98. The summed E-state index contributed by atoms with van der Waals surface area (Å²) in [6.45, 7) is 3.19. The molecule has 0 aliphatic heterocycles. The summed E-state index contributed by atoms with van der Waals surface area (Å²) in [6.07, 6.45) is 4.56. The van der Waals surface area contributed by atoms with Crippen LogP contribution in [0.5, 0.6) is 0 Å². The maximum absolute atomic E-state index is 11.2. The van der Waals surface area contributed by atoms with Crippen LogP contribution in [0.15, 0.2) is 4.79 Å². The van der Waals surface area contributed by atoms with Crippen molar-refractivity contribution in [1.82, 2.24) is 10.3 Å². The number of thiazole rings is 1. The van der Waals surface area contributed by atoms with E-state index in [4.69, 9.17) is 0 Å². The van der Waals surface area contributed by atoms with Crippen LogP contribution in [0.3, 0.4) is 0 Å². The molecule has 1 aromatic rings. The van der Waals surface area contributed by atoms with Gasteiger partial charge in [-0.25, -0.2) is 0 Å². The first kappa shape index (κ1) is 9.93. The van der Waals surface area contributed by atoms with Crippen molar-refractivity contribution in [3.63, 3.8) is 0 Å². The molecule has 4 heteroatoms. The second-order valence-corrected chi connectivity index (χ2v) is 4.82. The van der Waals surface area contributed by atoms with Crippen LogP contribution < -0.4 is 10.2 Å². The number of aryl methyl sites for hydroxylation is 1. The largest absolute Gasteiger partial charge is 0.315 e. The Labute approximate surface area is 87.6 Å². The maximum Gasteiger partial charge on any atom is 0.304 e. The highest BCUT2D eigenvalue weighted by Crippen LogP contribution is 2.29. The van der Waals surface area contributed by atoms with Crippen molar-refractivity contribution in [3.8, 4) is 0 Å². The van der Waals surface area contributed by atoms with Gasteiger partial charge in [0.1, 0.15) is 0 Å². The predicted molar refractivity (Wildman–Crippen MR) is 58.9 cm³/mol. The number of H-pyrrole nitrogens is 1. The van der Waals surface area contributed by atoms with Gasteiger partial charge in [0, 0.05) is 16.6 Å². The van der Waals surface area contributed by atoms with Crippen molar-refractivity contribution in [2.24, 2.45) is 0 Å². The number of hydrogen-bond acceptors (Lipinski definition) is 3. The fourth-order valence-electron chi connectivity index (χ4n) is 1.97. The first-order valence-electron chi connectivity index (χ1n) is 5.26. The van der Waals surface area contributed by atoms with Gasteiger partial charge in [-0.2, -0.15) is 0 Å². The molecule has 0 saturated heterocycles. The van der Waals surface area contributed by atoms with Gasteiger partial charge >= 0.3 is 4.87 Å². The number of aromatic nitrogens is 1. The van der Waals surface area contributed by atoms with Gasteiger partial charge in [-0.1, -0.05) is 18.3 Å². The standard InChI is InChI=1S/C10H16N2OS/c1-2-6-11-7-4-3-5-8-9(7)12-10(13)14-8/h7,11H,2-6H2,1H3,(H,12,13). The summed E-state index contributed by atoms with van der Waals surface area (Å²) in [5.41, 5.74) is 1.15. The molecule has 2 rings (SSSR count). The van der Waals surface area contributed by atoms with Crippen LogP contribution in [-0.2, 0) is 6.42 Å². The summed E-state index contributed by atoms with van der Waals surface area (Å²) < 4.78 is 0. The van der Waals surface area contributed by atoms with Crippen LogP contribution in [-0.4, -0.2) is 11.5 Å². The lowest BCUT2D eigenvalue weighted by molar-refractivity contribution is 0.454. The molecule has 14 heavy (non-hydrogen) atoms. The Bertz CT molecular complexity index is 355. The van der Waals surface area contributed by atoms with Crippen molar-refractivity contribution >= 4 is 11.3 Å². The summed E-state index contributed by atoms with van der Waals surface area (Å²) in [6, 6.07) is 0.387. The molecule has 0 radical (unpaired) electrons. The normalized spacial score (nSPS) is 20.8. The van der Waals surface area contributed by atoms with Crippen LogP contribution in [0, 0.1) is 0 Å². The molecule has 0 amide bonds. The lowest BCUT2D eigenvalue weighted by Crippen LogP contribution is -2.26. The Morgan fingerprint density at radius 3 is 3.29 bits per heavy atom. The Morgan fingerprint density at radius 1 is 1.64 bits per heavy atom. The van der Waals surface area contributed by atoms with E-state index in [0.29, 0.717) is 6.04 Å². The lowest BCUT2D eigenvalue weighted by Gasteiger charge is -2.22. The van der Waals surface area contributed by atoms with Crippen molar-refractivity contribution in [1.29, 1.82) is 0 Å². The minimum absolute atomic E-state index is 0.0974. The molecule has 1 atom stereocenters. The molecule has 0 spiro atoms. The summed E-state index contributed by atoms with van der Waals surface area (Å²) in [5, 5.41) is 3.48. The van der Waals surface area contributed by atoms with Crippen molar-refractivity contribution in [2.45, 2.75) is 38.6 Å². The molecule has 1 aliphatic rings. The third-order valence-corrected chi connectivity index (χ3v) is 3.60. The summed E-state index contributed by atoms with van der Waals surface area (Å²) >= 11 is 1.38. The summed E-state index contributed by atoms with van der Waals surface area (Å²) in [7, 11) is 0. The Kier molecular flexibility index (Phi) is 3.03. The van der Waals surface area contributed by atoms with E-state index in [1.807, 2.05) is 0 Å². The van der Waals surface area contributed by atoms with E-state index in [-0.39, 0.29) is 4.87 Å². The molecule has 78 valence electrons. The fraction of sp³-hybridized carbons (Fsp3) is 0.700. The van der Waals surface area contributed by atoms with E-state index >= 15 is 0 Å². The van der Waals surface area contributed by atoms with Gasteiger partial charge in [0.25, 0.3) is 0 Å². The smallest absolute Gasteiger partial charge is 0.304 e. The second-order valence-electron chi connectivity index (χ2n) is 3.75. The van der Waals surface area contributed by atoms with E-state index in [0.717, 1.165) is 31.5 Å². The molecule has 0 aromatic carbocycles. The van der Waals surface area contributed by atoms with Gasteiger partial charge in [-0.15, -0.1) is 0 Å². The molecule has 0 fully saturated rings. The fourth-order valence-corrected chi connectivity index (χ4v) is 2.91. The molecule has 3 nitrogen and oxygen atoms in total. The Balaban J connectivity index is 2.17. The number of aromatic amines is 1. The molecule has 2 N–H and O–H groups in total. The monoisotopic (exact) mass is 212 g/mol. The Morgan fingerprint density at radius 2 is 2.50 bits per heavy atom. The van der Waals surface area contributed by atoms with Crippen LogP contribution >= 0.6 is 11.3 Å². The topological polar surface area (TPSA) is 44.9 Å². The first-order valence-corrected chi connectivity index (χ1v) is 6.08. The van der Waals surface area contributed by atoms with Crippen LogP contribution in [0.2, 0.25) is 0 Å². The third kappa shape index (κ3) is 1.91.